The molecule has 1 aliphatic heterocycles. The Labute approximate surface area is 179 Å². The van der Waals surface area contributed by atoms with Gasteiger partial charge in [0.05, 0.1) is 0 Å². The van der Waals surface area contributed by atoms with Crippen LogP contribution >= 0.6 is 0 Å². The van der Waals surface area contributed by atoms with Crippen LogP contribution in [0.15, 0.2) is 53.1 Å². The van der Waals surface area contributed by atoms with Gasteiger partial charge in [-0.25, -0.2) is 4.39 Å². The maximum atomic E-state index is 13.1. The quantitative estimate of drug-likeness (QED) is 0.431. The number of benzene rings is 2. The number of aromatic nitrogens is 2. The molecule has 1 atom stereocenters. The molecule has 10 heteroatoms. The second-order valence-corrected chi connectivity index (χ2v) is 7.46. The average molecular weight is 447 g/mol. The Morgan fingerprint density at radius 1 is 1.06 bits per heavy atom. The Bertz CT molecular complexity index is 1140. The van der Waals surface area contributed by atoms with Crippen molar-refractivity contribution in [3.05, 3.63) is 71.4 Å². The van der Waals surface area contributed by atoms with Crippen molar-refractivity contribution < 1.29 is 31.7 Å². The van der Waals surface area contributed by atoms with Crippen LogP contribution < -0.4 is 0 Å². The smallest absolute Gasteiger partial charge is 0.338 e. The molecular formula is C22H17F4N3O3. The minimum Gasteiger partial charge on any atom is -0.338 e. The molecule has 32 heavy (non-hydrogen) atoms. The third-order valence-electron chi connectivity index (χ3n) is 5.24. The number of likely N-dealkylation sites (tertiary alicyclic amines) is 1. The van der Waals surface area contributed by atoms with Crippen LogP contribution in [0.3, 0.4) is 0 Å². The van der Waals surface area contributed by atoms with E-state index in [1.54, 1.807) is 0 Å². The topological polar surface area (TPSA) is 76.3 Å². The molecular weight excluding hydrogens is 430 g/mol. The highest BCUT2D eigenvalue weighted by atomic mass is 19.4. The van der Waals surface area contributed by atoms with E-state index >= 15 is 0 Å². The zero-order chi connectivity index (χ0) is 22.9. The Morgan fingerprint density at radius 2 is 1.81 bits per heavy atom. The van der Waals surface area contributed by atoms with E-state index in [0.717, 1.165) is 0 Å². The molecule has 0 bridgehead atoms. The van der Waals surface area contributed by atoms with Crippen LogP contribution in [0.4, 0.5) is 17.6 Å². The van der Waals surface area contributed by atoms with Gasteiger partial charge in [0.25, 0.3) is 5.91 Å². The number of nitrogens with zero attached hydrogens (tertiary/aromatic N) is 3. The molecule has 1 fully saturated rings. The maximum absolute atomic E-state index is 13.1. The number of ketones is 1. The number of carbonyl (C=O) groups excluding carboxylic acids is 2. The number of Topliss-reactive ketones (excluding diaryl/α,β-unsaturated/α-hetero) is 1. The van der Waals surface area contributed by atoms with E-state index in [2.05, 4.69) is 14.7 Å². The minimum absolute atomic E-state index is 0.164. The first-order valence-corrected chi connectivity index (χ1v) is 9.83. The van der Waals surface area contributed by atoms with Crippen molar-refractivity contribution in [1.29, 1.82) is 0 Å². The molecule has 2 aromatic carbocycles. The number of hydrogen-bond donors (Lipinski definition) is 0. The fourth-order valence-electron chi connectivity index (χ4n) is 3.66. The third-order valence-corrected chi connectivity index (χ3v) is 5.24. The number of carbonyl (C=O) groups is 2. The molecule has 1 amide bonds. The second kappa shape index (κ2) is 8.52. The lowest BCUT2D eigenvalue weighted by Gasteiger charge is -2.32. The summed E-state index contributed by atoms with van der Waals surface area (Å²) in [6, 6.07) is 11.2. The van der Waals surface area contributed by atoms with E-state index in [9.17, 15) is 27.2 Å². The average Bonchev–Trinajstić information content (AvgIpc) is 3.30. The molecule has 0 N–H and O–H groups in total. The highest BCUT2D eigenvalue weighted by Gasteiger charge is 2.38. The molecule has 1 aliphatic rings. The Morgan fingerprint density at radius 3 is 2.50 bits per heavy atom. The van der Waals surface area contributed by atoms with Crippen LogP contribution in [0.5, 0.6) is 0 Å². The zero-order valence-electron chi connectivity index (χ0n) is 16.6. The highest BCUT2D eigenvalue weighted by Crippen LogP contribution is 2.30. The van der Waals surface area contributed by atoms with Crippen LogP contribution in [0.25, 0.3) is 11.4 Å². The number of halogens is 4. The lowest BCUT2D eigenvalue weighted by molar-refractivity contribution is -0.159. The molecule has 0 aliphatic carbocycles. The van der Waals surface area contributed by atoms with Gasteiger partial charge in [-0.05, 0) is 49.2 Å². The molecule has 6 nitrogen and oxygen atoms in total. The van der Waals surface area contributed by atoms with Crippen molar-refractivity contribution in [3.63, 3.8) is 0 Å². The van der Waals surface area contributed by atoms with Crippen molar-refractivity contribution in [1.82, 2.24) is 15.0 Å². The summed E-state index contributed by atoms with van der Waals surface area (Å²) in [7, 11) is 0. The fraction of sp³-hybridized carbons (Fsp3) is 0.273. The number of amides is 1. The lowest BCUT2D eigenvalue weighted by Crippen LogP contribution is -2.42. The van der Waals surface area contributed by atoms with Crippen LogP contribution in [0.2, 0.25) is 0 Å². The minimum atomic E-state index is -4.77. The van der Waals surface area contributed by atoms with Crippen molar-refractivity contribution in [3.8, 4) is 11.4 Å². The van der Waals surface area contributed by atoms with Gasteiger partial charge in [-0.15, -0.1) is 0 Å². The normalized spacial score (nSPS) is 16.8. The number of alkyl halides is 3. The van der Waals surface area contributed by atoms with Gasteiger partial charge in [-0.2, -0.15) is 18.2 Å². The van der Waals surface area contributed by atoms with Crippen LogP contribution in [-0.2, 0) is 6.18 Å². The van der Waals surface area contributed by atoms with E-state index in [1.165, 1.54) is 53.4 Å². The molecule has 3 aromatic rings. The largest absolute Gasteiger partial charge is 0.471 e. The van der Waals surface area contributed by atoms with Gasteiger partial charge in [0, 0.05) is 35.7 Å². The number of rotatable bonds is 4. The molecule has 0 unspecified atom stereocenters. The van der Waals surface area contributed by atoms with Crippen molar-refractivity contribution >= 4 is 11.7 Å². The SMILES string of the molecule is O=C(c1ccc(F)cc1)[C@@H]1CCCN(C(=O)c2cccc(-c3noc(C(F)(F)F)n3)c2)C1. The maximum Gasteiger partial charge on any atom is 0.471 e. The molecule has 0 spiro atoms. The van der Waals surface area contributed by atoms with Crippen molar-refractivity contribution in [2.45, 2.75) is 19.0 Å². The third kappa shape index (κ3) is 4.53. The molecule has 2 heterocycles. The van der Waals surface area contributed by atoms with E-state index in [1.807, 2.05) is 0 Å². The number of hydrogen-bond acceptors (Lipinski definition) is 5. The monoisotopic (exact) mass is 447 g/mol. The Hall–Kier alpha value is -3.56. The summed E-state index contributed by atoms with van der Waals surface area (Å²) in [5.41, 5.74) is 0.812. The van der Waals surface area contributed by atoms with Crippen LogP contribution in [0.1, 0.15) is 39.4 Å². The molecule has 166 valence electrons. The molecule has 4 rings (SSSR count). The van der Waals surface area contributed by atoms with Gasteiger partial charge in [-0.1, -0.05) is 17.3 Å². The van der Waals surface area contributed by atoms with Gasteiger partial charge in [0.1, 0.15) is 5.82 Å². The lowest BCUT2D eigenvalue weighted by atomic mass is 9.89. The molecule has 0 radical (unpaired) electrons. The van der Waals surface area contributed by atoms with Crippen molar-refractivity contribution in [2.24, 2.45) is 5.92 Å². The van der Waals surface area contributed by atoms with Gasteiger partial charge in [-0.3, -0.25) is 9.59 Å². The van der Waals surface area contributed by atoms with E-state index < -0.39 is 23.8 Å². The fourth-order valence-corrected chi connectivity index (χ4v) is 3.66. The van der Waals surface area contributed by atoms with E-state index in [4.69, 9.17) is 0 Å². The first-order chi connectivity index (χ1) is 15.2. The summed E-state index contributed by atoms with van der Waals surface area (Å²) in [6.45, 7) is 0.635. The summed E-state index contributed by atoms with van der Waals surface area (Å²) in [5.74, 6) is -3.14. The summed E-state index contributed by atoms with van der Waals surface area (Å²) in [5, 5.41) is 3.34. The predicted octanol–water partition coefficient (Wildman–Crippen LogP) is 4.63. The Balaban J connectivity index is 1.50. The van der Waals surface area contributed by atoms with Gasteiger partial charge in [0.15, 0.2) is 5.78 Å². The van der Waals surface area contributed by atoms with Gasteiger partial charge >= 0.3 is 12.1 Å². The predicted molar refractivity (Wildman–Crippen MR) is 104 cm³/mol. The van der Waals surface area contributed by atoms with E-state index in [0.29, 0.717) is 24.9 Å². The summed E-state index contributed by atoms with van der Waals surface area (Å²) in [6.07, 6.45) is -3.55. The summed E-state index contributed by atoms with van der Waals surface area (Å²) < 4.78 is 55.5. The molecule has 0 saturated carbocycles. The Kier molecular flexibility index (Phi) is 5.77. The van der Waals surface area contributed by atoms with Crippen LogP contribution in [0, 0.1) is 11.7 Å². The van der Waals surface area contributed by atoms with E-state index in [-0.39, 0.29) is 35.2 Å². The van der Waals surface area contributed by atoms with Crippen LogP contribution in [-0.4, -0.2) is 39.8 Å². The van der Waals surface area contributed by atoms with Gasteiger partial charge < -0.3 is 9.42 Å². The summed E-state index contributed by atoms with van der Waals surface area (Å²) in [4.78, 5) is 30.7. The highest BCUT2D eigenvalue weighted by molar-refractivity contribution is 5.99. The summed E-state index contributed by atoms with van der Waals surface area (Å²) >= 11 is 0. The second-order valence-electron chi connectivity index (χ2n) is 7.46. The first kappa shape index (κ1) is 21.7. The molecule has 1 saturated heterocycles. The standard InChI is InChI=1S/C22H17F4N3O3/c23-17-8-6-13(7-9-17)18(30)16-5-2-10-29(12-16)20(31)15-4-1-3-14(11-15)19-27-21(32-28-19)22(24,25)26/h1,3-4,6-9,11,16H,2,5,10,12H2/t16-/m1/s1. The zero-order valence-corrected chi connectivity index (χ0v) is 16.6. The van der Waals surface area contributed by atoms with Gasteiger partial charge in [0.2, 0.25) is 5.82 Å². The first-order valence-electron chi connectivity index (χ1n) is 9.83. The van der Waals surface area contributed by atoms with Crippen molar-refractivity contribution in [2.75, 3.05) is 13.1 Å². The number of piperidine rings is 1. The molecule has 1 aromatic heterocycles.